The predicted octanol–water partition coefficient (Wildman–Crippen LogP) is 3.76. The average Bonchev–Trinajstić information content (AvgIpc) is 3.29. The van der Waals surface area contributed by atoms with Gasteiger partial charge in [0.15, 0.2) is 11.4 Å². The number of nitrogens with zero attached hydrogens (tertiary/aromatic N) is 4. The van der Waals surface area contributed by atoms with Crippen molar-refractivity contribution in [2.45, 2.75) is 6.54 Å². The fraction of sp³-hybridized carbons (Fsp3) is 0.263. The van der Waals surface area contributed by atoms with Gasteiger partial charge in [-0.25, -0.2) is 9.97 Å². The molecule has 0 radical (unpaired) electrons. The third-order valence-electron chi connectivity index (χ3n) is 4.80. The van der Waals surface area contributed by atoms with Crippen LogP contribution >= 0.6 is 11.3 Å². The normalized spacial score (nSPS) is 16.1. The van der Waals surface area contributed by atoms with Crippen molar-refractivity contribution in [3.05, 3.63) is 53.0 Å². The van der Waals surface area contributed by atoms with Crippen LogP contribution in [0.15, 0.2) is 51.8 Å². The highest BCUT2D eigenvalue weighted by Gasteiger charge is 2.22. The summed E-state index contributed by atoms with van der Waals surface area (Å²) in [6.07, 6.45) is 1.65. The number of hydrogen-bond acceptors (Lipinski definition) is 6. The van der Waals surface area contributed by atoms with Gasteiger partial charge in [0.2, 0.25) is 0 Å². The maximum absolute atomic E-state index is 6.07. The number of para-hydroxylation sites is 1. The summed E-state index contributed by atoms with van der Waals surface area (Å²) in [7, 11) is 0. The number of benzene rings is 1. The summed E-state index contributed by atoms with van der Waals surface area (Å²) < 4.78 is 6.07. The van der Waals surface area contributed by atoms with Gasteiger partial charge in [-0.2, -0.15) is 11.3 Å². The monoisotopic (exact) mass is 350 g/mol. The van der Waals surface area contributed by atoms with E-state index in [1.165, 1.54) is 5.56 Å². The fourth-order valence-corrected chi connectivity index (χ4v) is 4.16. The van der Waals surface area contributed by atoms with Gasteiger partial charge in [0.1, 0.15) is 17.4 Å². The third kappa shape index (κ3) is 2.67. The highest BCUT2D eigenvalue weighted by Crippen LogP contribution is 2.32. The molecule has 6 heteroatoms. The third-order valence-corrected chi connectivity index (χ3v) is 5.53. The van der Waals surface area contributed by atoms with Crippen molar-refractivity contribution in [1.29, 1.82) is 0 Å². The highest BCUT2D eigenvalue weighted by molar-refractivity contribution is 7.07. The highest BCUT2D eigenvalue weighted by atomic mass is 32.1. The molecule has 5 nitrogen and oxygen atoms in total. The van der Waals surface area contributed by atoms with Crippen LogP contribution in [0.25, 0.3) is 22.1 Å². The first-order valence-corrected chi connectivity index (χ1v) is 9.43. The zero-order valence-corrected chi connectivity index (χ0v) is 14.6. The van der Waals surface area contributed by atoms with Gasteiger partial charge >= 0.3 is 0 Å². The predicted molar refractivity (Wildman–Crippen MR) is 101 cm³/mol. The first-order valence-electron chi connectivity index (χ1n) is 8.49. The molecule has 4 aromatic rings. The summed E-state index contributed by atoms with van der Waals surface area (Å²) in [5.74, 6) is 0.913. The van der Waals surface area contributed by atoms with Gasteiger partial charge in [-0.05, 0) is 34.5 Å². The van der Waals surface area contributed by atoms with E-state index in [2.05, 4.69) is 42.7 Å². The minimum atomic E-state index is 0.801. The minimum absolute atomic E-state index is 0.801. The second-order valence-corrected chi connectivity index (χ2v) is 7.15. The van der Waals surface area contributed by atoms with E-state index in [-0.39, 0.29) is 0 Å². The Morgan fingerprint density at radius 1 is 1.04 bits per heavy atom. The van der Waals surface area contributed by atoms with Gasteiger partial charge in [-0.15, -0.1) is 0 Å². The number of rotatable bonds is 3. The Kier molecular flexibility index (Phi) is 3.64. The topological polar surface area (TPSA) is 45.4 Å². The van der Waals surface area contributed by atoms with Crippen LogP contribution in [0.2, 0.25) is 0 Å². The van der Waals surface area contributed by atoms with Crippen LogP contribution in [-0.2, 0) is 6.54 Å². The molecule has 5 rings (SSSR count). The summed E-state index contributed by atoms with van der Waals surface area (Å²) in [5, 5.41) is 5.43. The van der Waals surface area contributed by atoms with E-state index >= 15 is 0 Å². The molecule has 0 spiro atoms. The van der Waals surface area contributed by atoms with Gasteiger partial charge in [-0.1, -0.05) is 12.1 Å². The molecule has 0 bridgehead atoms. The zero-order valence-electron chi connectivity index (χ0n) is 13.8. The molecule has 1 aromatic carbocycles. The maximum atomic E-state index is 6.07. The molecule has 25 heavy (non-hydrogen) atoms. The quantitative estimate of drug-likeness (QED) is 0.563. The minimum Gasteiger partial charge on any atom is -0.450 e. The molecule has 0 aliphatic carbocycles. The largest absolute Gasteiger partial charge is 0.450 e. The molecule has 126 valence electrons. The molecule has 1 saturated heterocycles. The summed E-state index contributed by atoms with van der Waals surface area (Å²) in [5.41, 5.74) is 3.98. The van der Waals surface area contributed by atoms with E-state index in [0.717, 1.165) is 60.6 Å². The van der Waals surface area contributed by atoms with E-state index in [0.29, 0.717) is 0 Å². The van der Waals surface area contributed by atoms with Crippen molar-refractivity contribution in [3.63, 3.8) is 0 Å². The first-order chi connectivity index (χ1) is 12.4. The molecule has 3 aromatic heterocycles. The molecule has 0 unspecified atom stereocenters. The van der Waals surface area contributed by atoms with Crippen molar-refractivity contribution in [1.82, 2.24) is 14.9 Å². The summed E-state index contributed by atoms with van der Waals surface area (Å²) >= 11 is 1.76. The van der Waals surface area contributed by atoms with E-state index in [9.17, 15) is 0 Å². The van der Waals surface area contributed by atoms with Crippen LogP contribution in [0.4, 0.5) is 5.82 Å². The lowest BCUT2D eigenvalue weighted by molar-refractivity contribution is 0.249. The Labute approximate surface area is 149 Å². The lowest BCUT2D eigenvalue weighted by Crippen LogP contribution is -2.46. The van der Waals surface area contributed by atoms with E-state index in [1.54, 1.807) is 17.7 Å². The van der Waals surface area contributed by atoms with Gasteiger partial charge < -0.3 is 9.32 Å². The number of anilines is 1. The van der Waals surface area contributed by atoms with Gasteiger partial charge in [0, 0.05) is 38.1 Å². The lowest BCUT2D eigenvalue weighted by atomic mass is 10.2. The molecular weight excluding hydrogens is 332 g/mol. The molecule has 0 saturated carbocycles. The smallest absolute Gasteiger partial charge is 0.196 e. The molecule has 1 aliphatic rings. The Morgan fingerprint density at radius 3 is 2.76 bits per heavy atom. The van der Waals surface area contributed by atoms with Crippen LogP contribution in [0.3, 0.4) is 0 Å². The second kappa shape index (κ2) is 6.13. The van der Waals surface area contributed by atoms with Gasteiger partial charge in [0.25, 0.3) is 0 Å². The van der Waals surface area contributed by atoms with Crippen LogP contribution in [0.1, 0.15) is 5.56 Å². The summed E-state index contributed by atoms with van der Waals surface area (Å²) in [6.45, 7) is 4.99. The van der Waals surface area contributed by atoms with Crippen molar-refractivity contribution in [2.24, 2.45) is 0 Å². The number of hydrogen-bond donors (Lipinski definition) is 0. The number of furan rings is 1. The number of thiophene rings is 1. The Balaban J connectivity index is 1.41. The molecule has 1 aliphatic heterocycles. The molecule has 0 amide bonds. The number of aromatic nitrogens is 2. The van der Waals surface area contributed by atoms with Crippen molar-refractivity contribution >= 4 is 39.2 Å². The van der Waals surface area contributed by atoms with Crippen LogP contribution in [-0.4, -0.2) is 41.0 Å². The first kappa shape index (κ1) is 14.9. The Morgan fingerprint density at radius 2 is 1.92 bits per heavy atom. The van der Waals surface area contributed by atoms with Crippen molar-refractivity contribution in [3.8, 4) is 0 Å². The molecule has 1 fully saturated rings. The van der Waals surface area contributed by atoms with Crippen molar-refractivity contribution < 1.29 is 4.42 Å². The fourth-order valence-electron chi connectivity index (χ4n) is 3.50. The summed E-state index contributed by atoms with van der Waals surface area (Å²) in [6, 6.07) is 10.2. The lowest BCUT2D eigenvalue weighted by Gasteiger charge is -2.35. The molecule has 4 heterocycles. The maximum Gasteiger partial charge on any atom is 0.196 e. The Hall–Kier alpha value is -2.44. The molecular formula is C19H18N4OS. The Bertz CT molecular complexity index is 1000. The van der Waals surface area contributed by atoms with Gasteiger partial charge in [0.05, 0.1) is 0 Å². The molecule has 0 atom stereocenters. The number of fused-ring (bicyclic) bond motifs is 3. The van der Waals surface area contributed by atoms with Crippen LogP contribution in [0, 0.1) is 0 Å². The van der Waals surface area contributed by atoms with Gasteiger partial charge in [-0.3, -0.25) is 4.90 Å². The average molecular weight is 350 g/mol. The van der Waals surface area contributed by atoms with E-state index < -0.39 is 0 Å². The van der Waals surface area contributed by atoms with Crippen LogP contribution in [0.5, 0.6) is 0 Å². The molecule has 0 N–H and O–H groups in total. The SMILES string of the molecule is c1ccc2c(c1)oc1c(N3CCN(Cc4ccsc4)CC3)ncnc12. The van der Waals surface area contributed by atoms with Crippen LogP contribution < -0.4 is 4.90 Å². The zero-order chi connectivity index (χ0) is 16.6. The summed E-state index contributed by atoms with van der Waals surface area (Å²) in [4.78, 5) is 13.8. The van der Waals surface area contributed by atoms with E-state index in [1.807, 2.05) is 18.2 Å². The van der Waals surface area contributed by atoms with E-state index in [4.69, 9.17) is 4.42 Å². The van der Waals surface area contributed by atoms with Crippen molar-refractivity contribution in [2.75, 3.05) is 31.1 Å². The standard InChI is InChI=1S/C19H18N4OS/c1-2-4-16-15(3-1)17-18(24-16)19(21-13-20-17)23-8-6-22(7-9-23)11-14-5-10-25-12-14/h1-5,10,12-13H,6-9,11H2. The number of piperazine rings is 1. The second-order valence-electron chi connectivity index (χ2n) is 6.37.